The van der Waals surface area contributed by atoms with Crippen LogP contribution in [0.15, 0.2) is 53.5 Å². The molecule has 5 heterocycles. The van der Waals surface area contributed by atoms with Crippen molar-refractivity contribution in [1.29, 1.82) is 0 Å². The number of pyridine rings is 1. The first-order valence-corrected chi connectivity index (χ1v) is 17.2. The van der Waals surface area contributed by atoms with E-state index in [4.69, 9.17) is 18.9 Å². The van der Waals surface area contributed by atoms with Gasteiger partial charge in [-0.15, -0.1) is 0 Å². The summed E-state index contributed by atoms with van der Waals surface area (Å²) in [6, 6.07) is 13.0. The zero-order valence-corrected chi connectivity index (χ0v) is 27.4. The number of benzene rings is 3. The number of hydrogen-bond donors (Lipinski definition) is 2. The van der Waals surface area contributed by atoms with Crippen LogP contribution in [0.1, 0.15) is 28.8 Å². The second kappa shape index (κ2) is 13.8. The van der Waals surface area contributed by atoms with Crippen LogP contribution in [0.2, 0.25) is 0 Å². The van der Waals surface area contributed by atoms with Gasteiger partial charge in [-0.25, -0.2) is 4.39 Å². The van der Waals surface area contributed by atoms with Crippen LogP contribution in [0.3, 0.4) is 0 Å². The molecule has 2 fully saturated rings. The second-order valence-electron chi connectivity index (χ2n) is 12.9. The maximum absolute atomic E-state index is 16.0. The largest absolute Gasteiger partial charge is 0.488 e. The minimum Gasteiger partial charge on any atom is -0.488 e. The Morgan fingerprint density at radius 2 is 1.57 bits per heavy atom. The van der Waals surface area contributed by atoms with Crippen LogP contribution in [0, 0.1) is 5.82 Å². The van der Waals surface area contributed by atoms with E-state index < -0.39 is 17.2 Å². The van der Waals surface area contributed by atoms with Crippen LogP contribution in [-0.2, 0) is 16.1 Å². The molecule has 0 radical (unpaired) electrons. The average Bonchev–Trinajstić information content (AvgIpc) is 3.13. The molecular weight excluding hydrogens is 629 g/mol. The Morgan fingerprint density at radius 3 is 2.33 bits per heavy atom. The van der Waals surface area contributed by atoms with Crippen molar-refractivity contribution in [2.75, 3.05) is 84.1 Å². The van der Waals surface area contributed by atoms with Gasteiger partial charge in [0.05, 0.1) is 37.5 Å². The number of carbonyl (C=O) groups is 1. The van der Waals surface area contributed by atoms with Gasteiger partial charge in [-0.2, -0.15) is 0 Å². The summed E-state index contributed by atoms with van der Waals surface area (Å²) < 4.78 is 41.3. The number of carbonyl (C=O) groups excluding carboxylic acids is 1. The van der Waals surface area contributed by atoms with Crippen molar-refractivity contribution in [3.63, 3.8) is 0 Å². The minimum atomic E-state index is -0.618. The molecule has 0 spiro atoms. The topological polar surface area (TPSA) is 107 Å². The normalized spacial score (nSPS) is 17.0. The molecule has 1 amide bonds. The van der Waals surface area contributed by atoms with Crippen molar-refractivity contribution in [3.8, 4) is 34.1 Å². The fourth-order valence-corrected chi connectivity index (χ4v) is 7.13. The Hall–Kier alpha value is -4.49. The van der Waals surface area contributed by atoms with Crippen molar-refractivity contribution < 1.29 is 28.1 Å². The molecule has 4 aliphatic heterocycles. The summed E-state index contributed by atoms with van der Waals surface area (Å²) in [5.74, 6) is 0.179. The molecule has 0 bridgehead atoms. The maximum Gasteiger partial charge on any atom is 0.256 e. The number of rotatable bonds is 10. The van der Waals surface area contributed by atoms with Crippen molar-refractivity contribution in [2.24, 2.45) is 0 Å². The Kier molecular flexibility index (Phi) is 8.94. The lowest BCUT2D eigenvalue weighted by molar-refractivity contribution is 0.0374. The van der Waals surface area contributed by atoms with Crippen molar-refractivity contribution >= 4 is 22.5 Å². The first-order valence-electron chi connectivity index (χ1n) is 17.2. The van der Waals surface area contributed by atoms with E-state index in [1.165, 1.54) is 6.07 Å². The van der Waals surface area contributed by atoms with Crippen molar-refractivity contribution in [1.82, 2.24) is 19.7 Å². The zero-order chi connectivity index (χ0) is 33.3. The third kappa shape index (κ3) is 6.25. The summed E-state index contributed by atoms with van der Waals surface area (Å²) in [7, 11) is 0. The minimum absolute atomic E-state index is 0.0577. The fourth-order valence-electron chi connectivity index (χ4n) is 7.13. The standard InChI is InChI=1S/C37H40FN5O6/c38-29-19-27-34-36(33(29)39-7-3-9-41-11-15-46-16-12-41)49-32-21-31-26(25-6-2-1-5-24(25)23-48-31)20-30(32)43(34)22-28(35(27)44)37(45)40-8-4-10-42-13-17-47-18-14-42/h1-2,5-6,19-22,39H,3-4,7-18,23H2,(H,40,45). The van der Waals surface area contributed by atoms with Gasteiger partial charge < -0.3 is 34.1 Å². The monoisotopic (exact) mass is 669 g/mol. The number of hydrogen-bond acceptors (Lipinski definition) is 9. The Bertz CT molecular complexity index is 1950. The van der Waals surface area contributed by atoms with Gasteiger partial charge in [-0.3, -0.25) is 19.4 Å². The van der Waals surface area contributed by atoms with Gasteiger partial charge in [0.2, 0.25) is 5.43 Å². The first-order chi connectivity index (χ1) is 24.0. The molecule has 49 heavy (non-hydrogen) atoms. The van der Waals surface area contributed by atoms with Gasteiger partial charge in [0, 0.05) is 57.1 Å². The van der Waals surface area contributed by atoms with Crippen LogP contribution in [0.5, 0.6) is 17.2 Å². The molecule has 4 aromatic rings. The van der Waals surface area contributed by atoms with Crippen LogP contribution in [0.25, 0.3) is 27.7 Å². The van der Waals surface area contributed by atoms with Gasteiger partial charge in [0.1, 0.15) is 29.1 Å². The summed E-state index contributed by atoms with van der Waals surface area (Å²) in [6.07, 6.45) is 3.08. The van der Waals surface area contributed by atoms with E-state index in [1.54, 1.807) is 10.8 Å². The summed E-state index contributed by atoms with van der Waals surface area (Å²) in [5, 5.41) is 6.25. The number of amides is 1. The fraction of sp³-hybridized carbons (Fsp3) is 0.405. The number of nitrogens with zero attached hydrogens (tertiary/aromatic N) is 3. The lowest BCUT2D eigenvalue weighted by atomic mass is 9.95. The van der Waals surface area contributed by atoms with Crippen LogP contribution < -0.4 is 25.5 Å². The highest BCUT2D eigenvalue weighted by molar-refractivity contribution is 6.01. The molecule has 3 aromatic carbocycles. The van der Waals surface area contributed by atoms with Gasteiger partial charge in [-0.05, 0) is 49.2 Å². The van der Waals surface area contributed by atoms with Crippen LogP contribution in [0.4, 0.5) is 10.1 Å². The number of nitrogens with one attached hydrogen (secondary N) is 2. The predicted octanol–water partition coefficient (Wildman–Crippen LogP) is 4.38. The summed E-state index contributed by atoms with van der Waals surface area (Å²) in [5.41, 5.74) is 3.57. The molecule has 11 nitrogen and oxygen atoms in total. The van der Waals surface area contributed by atoms with Gasteiger partial charge in [0.15, 0.2) is 17.3 Å². The van der Waals surface area contributed by atoms with E-state index in [0.29, 0.717) is 55.6 Å². The SMILES string of the molecule is O=C(NCCCN1CCOCC1)c1cn2c3c(c(NCCCN4CCOCC4)c(F)cc3c1=O)Oc1cc3c(cc1-2)-c1ccccc1CO3. The number of aromatic nitrogens is 1. The van der Waals surface area contributed by atoms with E-state index in [9.17, 15) is 9.59 Å². The van der Waals surface area contributed by atoms with Crippen LogP contribution in [-0.4, -0.2) is 99.1 Å². The predicted molar refractivity (Wildman–Crippen MR) is 184 cm³/mol. The van der Waals surface area contributed by atoms with Gasteiger partial charge in [-0.1, -0.05) is 24.3 Å². The Labute approximate surface area is 283 Å². The summed E-state index contributed by atoms with van der Waals surface area (Å²) in [6.45, 7) is 9.33. The number of anilines is 1. The molecule has 0 unspecified atom stereocenters. The zero-order valence-electron chi connectivity index (χ0n) is 27.4. The molecule has 2 N–H and O–H groups in total. The quantitative estimate of drug-likeness (QED) is 0.210. The first kappa shape index (κ1) is 31.8. The average molecular weight is 670 g/mol. The van der Waals surface area contributed by atoms with Gasteiger partial charge >= 0.3 is 0 Å². The van der Waals surface area contributed by atoms with E-state index in [2.05, 4.69) is 20.4 Å². The molecular formula is C37H40FN5O6. The molecule has 12 heteroatoms. The number of morpholine rings is 2. The van der Waals surface area contributed by atoms with Crippen LogP contribution >= 0.6 is 0 Å². The van der Waals surface area contributed by atoms with E-state index in [1.807, 2.05) is 36.4 Å². The molecule has 8 rings (SSSR count). The molecule has 1 aromatic heterocycles. The third-order valence-corrected chi connectivity index (χ3v) is 9.76. The lowest BCUT2D eigenvalue weighted by Crippen LogP contribution is -2.38. The number of ether oxygens (including phenoxy) is 4. The molecule has 4 aliphatic rings. The molecule has 256 valence electrons. The molecule has 0 saturated carbocycles. The van der Waals surface area contributed by atoms with Crippen molar-refractivity contribution in [3.05, 3.63) is 75.8 Å². The van der Waals surface area contributed by atoms with Crippen molar-refractivity contribution in [2.45, 2.75) is 19.4 Å². The summed E-state index contributed by atoms with van der Waals surface area (Å²) >= 11 is 0. The third-order valence-electron chi connectivity index (χ3n) is 9.76. The maximum atomic E-state index is 16.0. The molecule has 0 atom stereocenters. The van der Waals surface area contributed by atoms with E-state index in [-0.39, 0.29) is 22.4 Å². The Morgan fingerprint density at radius 1 is 0.857 bits per heavy atom. The number of fused-ring (bicyclic) bond motifs is 5. The summed E-state index contributed by atoms with van der Waals surface area (Å²) in [4.78, 5) is 32.1. The smallest absolute Gasteiger partial charge is 0.256 e. The van der Waals surface area contributed by atoms with E-state index in [0.717, 1.165) is 82.0 Å². The highest BCUT2D eigenvalue weighted by atomic mass is 19.1. The second-order valence-corrected chi connectivity index (χ2v) is 12.9. The highest BCUT2D eigenvalue weighted by Crippen LogP contribution is 2.49. The Balaban J connectivity index is 1.15. The lowest BCUT2D eigenvalue weighted by Gasteiger charge is -2.29. The molecule has 0 aliphatic carbocycles. The van der Waals surface area contributed by atoms with E-state index >= 15 is 4.39 Å². The highest BCUT2D eigenvalue weighted by Gasteiger charge is 2.31. The van der Waals surface area contributed by atoms with Gasteiger partial charge in [0.25, 0.3) is 5.91 Å². The molecule has 2 saturated heterocycles. The number of halogens is 1.